The topological polar surface area (TPSA) is 191 Å². The van der Waals surface area contributed by atoms with Crippen LogP contribution >= 0.6 is 0 Å². The first-order chi connectivity index (χ1) is 22.6. The Hall–Kier alpha value is -1.75. The van der Waals surface area contributed by atoms with Gasteiger partial charge in [-0.2, -0.15) is 0 Å². The average Bonchev–Trinajstić information content (AvgIpc) is 3.06. The summed E-state index contributed by atoms with van der Waals surface area (Å²) in [5.74, 6) is -5.25. The monoisotopic (exact) mass is 703 g/mol. The molecule has 0 aromatic heterocycles. The average molecular weight is 704 g/mol. The molecule has 0 aromatic carbocycles. The number of esters is 2. The second-order valence-electron chi connectivity index (χ2n) is 15.4. The number of nitrogens with zero attached hydrogens (tertiary/aromatic N) is 1. The molecule has 1 unspecified atom stereocenters. The molecular formula is C35H61NO13. The Morgan fingerprint density at radius 2 is 1.67 bits per heavy atom. The third-order valence-corrected chi connectivity index (χ3v) is 10.8. The summed E-state index contributed by atoms with van der Waals surface area (Å²) in [6, 6.07) is -0.281. The lowest BCUT2D eigenvalue weighted by Crippen LogP contribution is -2.61. The highest BCUT2D eigenvalue weighted by atomic mass is 16.7. The molecule has 14 heteroatoms. The zero-order valence-electron chi connectivity index (χ0n) is 31.1. The minimum atomic E-state index is -1.97. The predicted octanol–water partition coefficient (Wildman–Crippen LogP) is 1.22. The Balaban J connectivity index is 2.26. The molecule has 3 fully saturated rings. The number of ether oxygens (including phenoxy) is 6. The molecule has 0 aliphatic carbocycles. The van der Waals surface area contributed by atoms with Crippen LogP contribution in [0.15, 0.2) is 0 Å². The minimum Gasteiger partial charge on any atom is -0.459 e. The highest BCUT2D eigenvalue weighted by Gasteiger charge is 2.54. The number of Topliss-reactive ketones (excluding diaryl/α,β-unsaturated/α-hetero) is 1. The Morgan fingerprint density at radius 3 is 2.22 bits per heavy atom. The van der Waals surface area contributed by atoms with Crippen molar-refractivity contribution in [1.29, 1.82) is 0 Å². The van der Waals surface area contributed by atoms with Crippen molar-refractivity contribution >= 4 is 17.7 Å². The smallest absolute Gasteiger partial charge is 0.311 e. The molecule has 3 heterocycles. The summed E-state index contributed by atoms with van der Waals surface area (Å²) in [5, 5.41) is 44.5. The number of rotatable bonds is 6. The van der Waals surface area contributed by atoms with Crippen molar-refractivity contribution in [2.24, 2.45) is 23.7 Å². The number of likely N-dealkylation sites (N-methyl/N-ethyl adjacent to an activating group) is 1. The lowest BCUT2D eigenvalue weighted by molar-refractivity contribution is -0.305. The van der Waals surface area contributed by atoms with E-state index in [4.69, 9.17) is 28.4 Å². The Bertz CT molecular complexity index is 1150. The zero-order valence-corrected chi connectivity index (χ0v) is 31.1. The highest BCUT2D eigenvalue weighted by molar-refractivity contribution is 5.83. The number of aliphatic hydroxyl groups is 4. The van der Waals surface area contributed by atoms with Gasteiger partial charge in [0.2, 0.25) is 0 Å². The van der Waals surface area contributed by atoms with Crippen molar-refractivity contribution in [3.8, 4) is 0 Å². The predicted molar refractivity (Wildman–Crippen MR) is 176 cm³/mol. The molecule has 3 saturated heterocycles. The molecule has 14 nitrogen and oxygen atoms in total. The van der Waals surface area contributed by atoms with E-state index in [1.807, 2.05) is 25.9 Å². The maximum absolute atomic E-state index is 14.0. The van der Waals surface area contributed by atoms with Crippen LogP contribution in [0, 0.1) is 23.7 Å². The van der Waals surface area contributed by atoms with Crippen molar-refractivity contribution in [2.45, 2.75) is 147 Å². The van der Waals surface area contributed by atoms with Crippen molar-refractivity contribution in [3.05, 3.63) is 0 Å². The zero-order chi connectivity index (χ0) is 37.2. The van der Waals surface area contributed by atoms with E-state index in [9.17, 15) is 34.8 Å². The van der Waals surface area contributed by atoms with Crippen LogP contribution in [0.1, 0.15) is 81.6 Å². The molecule has 2 bridgehead atoms. The third kappa shape index (κ3) is 9.19. The van der Waals surface area contributed by atoms with Crippen molar-refractivity contribution in [2.75, 3.05) is 33.9 Å². The number of fused-ring (bicyclic) bond motifs is 3. The number of hydrogen-bond donors (Lipinski definition) is 4. The highest BCUT2D eigenvalue weighted by Crippen LogP contribution is 2.42. The molecule has 15 atom stereocenters. The first-order valence-electron chi connectivity index (χ1n) is 17.5. The largest absolute Gasteiger partial charge is 0.459 e. The molecule has 0 amide bonds. The van der Waals surface area contributed by atoms with Crippen LogP contribution in [0.25, 0.3) is 0 Å². The van der Waals surface area contributed by atoms with Crippen molar-refractivity contribution in [1.82, 2.24) is 4.90 Å². The van der Waals surface area contributed by atoms with Gasteiger partial charge in [-0.25, -0.2) is 0 Å². The second kappa shape index (κ2) is 16.3. The fourth-order valence-electron chi connectivity index (χ4n) is 7.80. The Morgan fingerprint density at radius 1 is 1.04 bits per heavy atom. The molecule has 4 N–H and O–H groups in total. The molecule has 0 saturated carbocycles. The van der Waals surface area contributed by atoms with Gasteiger partial charge in [0.15, 0.2) is 12.4 Å². The molecule has 3 rings (SSSR count). The van der Waals surface area contributed by atoms with E-state index in [0.29, 0.717) is 6.42 Å². The molecule has 3 aliphatic rings. The van der Waals surface area contributed by atoms with E-state index >= 15 is 0 Å². The van der Waals surface area contributed by atoms with Crippen LogP contribution in [-0.4, -0.2) is 143 Å². The summed E-state index contributed by atoms with van der Waals surface area (Å²) in [6.07, 6.45) is -6.37. The van der Waals surface area contributed by atoms with Crippen LogP contribution in [0.5, 0.6) is 0 Å². The first-order valence-corrected chi connectivity index (χ1v) is 17.5. The molecule has 3 aliphatic heterocycles. The Labute approximate surface area is 290 Å². The molecule has 49 heavy (non-hydrogen) atoms. The number of ketones is 1. The van der Waals surface area contributed by atoms with E-state index < -0.39 is 109 Å². The summed E-state index contributed by atoms with van der Waals surface area (Å²) in [5.41, 5.74) is -5.27. The normalized spacial score (nSPS) is 46.3. The molecule has 284 valence electrons. The van der Waals surface area contributed by atoms with Crippen molar-refractivity contribution in [3.63, 3.8) is 0 Å². The van der Waals surface area contributed by atoms with Gasteiger partial charge in [0.05, 0.1) is 61.8 Å². The van der Waals surface area contributed by atoms with Crippen LogP contribution < -0.4 is 0 Å². The molecule has 0 aromatic rings. The second-order valence-corrected chi connectivity index (χ2v) is 15.4. The summed E-state index contributed by atoms with van der Waals surface area (Å²) < 4.78 is 37.6. The van der Waals surface area contributed by atoms with Gasteiger partial charge >= 0.3 is 11.9 Å². The summed E-state index contributed by atoms with van der Waals surface area (Å²) in [7, 11) is 3.74. The standard InChI is InChI=1S/C35H61NO13/c1-12-25-34(9,42)29(40)20(4)26(39)18(2)14-33(8)30(49-32-28(47-23(7)38)24(36(10)11)13-19(3)46-32)21(5)27(22(6)31(41)48-25)44-16-35(43,15-37)17-45-33/h18-22,24-25,27-30,32,37,40,42-43H,12-17H2,1-11H3/t18-,19-,20+,21+,22-,24+,25-,27+,28-,29-,30-,32+,33-,34-,35?/m1/s1. The van der Waals surface area contributed by atoms with Gasteiger partial charge in [-0.1, -0.05) is 27.7 Å². The quantitative estimate of drug-likeness (QED) is 0.289. The van der Waals surface area contributed by atoms with Gasteiger partial charge in [-0.05, 0) is 61.1 Å². The fourth-order valence-corrected chi connectivity index (χ4v) is 7.80. The Kier molecular flexibility index (Phi) is 13.9. The van der Waals surface area contributed by atoms with Gasteiger partial charge in [-0.15, -0.1) is 0 Å². The van der Waals surface area contributed by atoms with Gasteiger partial charge < -0.3 is 53.7 Å². The SMILES string of the molecule is CC[C@H]1OC(=O)[C@H](C)[C@H]2OCC(O)(CO)CO[C@](C)(C[C@@H](C)C(=O)[C@H](C)[C@@H](O)[C@]1(C)O)[C@H](O[C@@H]1O[C@H](C)C[C@H](N(C)C)[C@H]1OC(C)=O)[C@H]2C. The minimum absolute atomic E-state index is 0.00190. The van der Waals surface area contributed by atoms with E-state index in [1.54, 1.807) is 34.6 Å². The molecule has 0 spiro atoms. The molecular weight excluding hydrogens is 642 g/mol. The summed E-state index contributed by atoms with van der Waals surface area (Å²) in [6.45, 7) is 13.0. The molecule has 0 radical (unpaired) electrons. The number of cyclic esters (lactones) is 1. The summed E-state index contributed by atoms with van der Waals surface area (Å²) in [4.78, 5) is 42.1. The van der Waals surface area contributed by atoms with Gasteiger partial charge in [0, 0.05) is 24.7 Å². The van der Waals surface area contributed by atoms with E-state index in [2.05, 4.69) is 0 Å². The number of aliphatic hydroxyl groups excluding tert-OH is 2. The van der Waals surface area contributed by atoms with Gasteiger partial charge in [-0.3, -0.25) is 14.4 Å². The summed E-state index contributed by atoms with van der Waals surface area (Å²) >= 11 is 0. The van der Waals surface area contributed by atoms with E-state index in [1.165, 1.54) is 20.8 Å². The van der Waals surface area contributed by atoms with Crippen LogP contribution in [-0.2, 0) is 42.8 Å². The van der Waals surface area contributed by atoms with Gasteiger partial charge in [0.25, 0.3) is 0 Å². The fraction of sp³-hybridized carbons (Fsp3) is 0.914. The first kappa shape index (κ1) is 41.7. The lowest BCUT2D eigenvalue weighted by Gasteiger charge is -2.49. The third-order valence-electron chi connectivity index (χ3n) is 10.8. The van der Waals surface area contributed by atoms with E-state index in [-0.39, 0.29) is 30.8 Å². The number of carbonyl (C=O) groups excluding carboxylic acids is 3. The van der Waals surface area contributed by atoms with Crippen LogP contribution in [0.3, 0.4) is 0 Å². The van der Waals surface area contributed by atoms with Crippen LogP contribution in [0.2, 0.25) is 0 Å². The maximum atomic E-state index is 14.0. The van der Waals surface area contributed by atoms with Gasteiger partial charge in [0.1, 0.15) is 23.1 Å². The van der Waals surface area contributed by atoms with E-state index in [0.717, 1.165) is 0 Å². The number of hydrogen-bond acceptors (Lipinski definition) is 14. The maximum Gasteiger partial charge on any atom is 0.311 e. The van der Waals surface area contributed by atoms with Crippen LogP contribution in [0.4, 0.5) is 0 Å². The van der Waals surface area contributed by atoms with Crippen molar-refractivity contribution < 1.29 is 63.2 Å². The number of carbonyl (C=O) groups is 3. The lowest BCUT2D eigenvalue weighted by atomic mass is 9.74.